The van der Waals surface area contributed by atoms with Crippen LogP contribution in [0.3, 0.4) is 0 Å². The van der Waals surface area contributed by atoms with E-state index in [0.29, 0.717) is 6.61 Å². The van der Waals surface area contributed by atoms with Crippen molar-refractivity contribution in [3.8, 4) is 0 Å². The zero-order valence-electron chi connectivity index (χ0n) is 10.9. The minimum absolute atomic E-state index is 0.161. The van der Waals surface area contributed by atoms with Crippen LogP contribution < -0.4 is 5.32 Å². The predicted octanol–water partition coefficient (Wildman–Crippen LogP) is 1.82. The van der Waals surface area contributed by atoms with Crippen molar-refractivity contribution in [2.75, 3.05) is 18.9 Å². The summed E-state index contributed by atoms with van der Waals surface area (Å²) in [5.41, 5.74) is 0. The molecule has 1 aromatic rings. The fourth-order valence-electron chi connectivity index (χ4n) is 1.47. The van der Waals surface area contributed by atoms with Gasteiger partial charge in [-0.15, -0.1) is 0 Å². The maximum absolute atomic E-state index is 11.7. The topological polar surface area (TPSA) is 67.0 Å². The van der Waals surface area contributed by atoms with Gasteiger partial charge >= 0.3 is 5.97 Å². The van der Waals surface area contributed by atoms with Crippen LogP contribution in [-0.4, -0.2) is 40.9 Å². The SMILES string of the molecule is CCCNC(CCSc1ncc[nH]1)C(=O)OCC. The van der Waals surface area contributed by atoms with E-state index in [-0.39, 0.29) is 12.0 Å². The number of aromatic nitrogens is 2. The van der Waals surface area contributed by atoms with Gasteiger partial charge in [-0.2, -0.15) is 0 Å². The van der Waals surface area contributed by atoms with Crippen LogP contribution in [-0.2, 0) is 9.53 Å². The number of rotatable bonds is 9. The van der Waals surface area contributed by atoms with E-state index in [1.165, 1.54) is 0 Å². The van der Waals surface area contributed by atoms with E-state index >= 15 is 0 Å². The fourth-order valence-corrected chi connectivity index (χ4v) is 2.30. The summed E-state index contributed by atoms with van der Waals surface area (Å²) in [5.74, 6) is 0.666. The first-order valence-electron chi connectivity index (χ1n) is 6.30. The summed E-state index contributed by atoms with van der Waals surface area (Å²) < 4.78 is 5.05. The molecule has 0 aliphatic rings. The zero-order chi connectivity index (χ0) is 13.2. The molecule has 1 unspecified atom stereocenters. The number of ether oxygens (including phenoxy) is 1. The van der Waals surface area contributed by atoms with Gasteiger partial charge in [0, 0.05) is 18.1 Å². The third-order valence-corrected chi connectivity index (χ3v) is 3.27. The standard InChI is InChI=1S/C12H21N3O2S/c1-3-6-13-10(11(16)17-4-2)5-9-18-12-14-7-8-15-12/h7-8,10,13H,3-6,9H2,1-2H3,(H,14,15). The maximum Gasteiger partial charge on any atom is 0.323 e. The third-order valence-electron chi connectivity index (χ3n) is 2.33. The number of aromatic amines is 1. The summed E-state index contributed by atoms with van der Waals surface area (Å²) in [6.07, 6.45) is 5.26. The van der Waals surface area contributed by atoms with Gasteiger partial charge in [0.25, 0.3) is 0 Å². The number of nitrogens with one attached hydrogen (secondary N) is 2. The Morgan fingerprint density at radius 2 is 2.44 bits per heavy atom. The average molecular weight is 271 g/mol. The normalized spacial score (nSPS) is 12.3. The molecule has 2 N–H and O–H groups in total. The number of carbonyl (C=O) groups is 1. The van der Waals surface area contributed by atoms with Gasteiger partial charge in [0.05, 0.1) is 6.61 Å². The first kappa shape index (κ1) is 15.0. The number of nitrogens with zero attached hydrogens (tertiary/aromatic N) is 1. The molecule has 0 radical (unpaired) electrons. The molecular formula is C12H21N3O2S. The van der Waals surface area contributed by atoms with E-state index in [0.717, 1.165) is 30.3 Å². The highest BCUT2D eigenvalue weighted by Gasteiger charge is 2.18. The minimum Gasteiger partial charge on any atom is -0.465 e. The zero-order valence-corrected chi connectivity index (χ0v) is 11.8. The second kappa shape index (κ2) is 8.99. The lowest BCUT2D eigenvalue weighted by Gasteiger charge is -2.16. The molecule has 0 spiro atoms. The van der Waals surface area contributed by atoms with Gasteiger partial charge in [-0.25, -0.2) is 4.98 Å². The van der Waals surface area contributed by atoms with Crippen LogP contribution in [0.4, 0.5) is 0 Å². The van der Waals surface area contributed by atoms with Gasteiger partial charge in [0.1, 0.15) is 6.04 Å². The van der Waals surface area contributed by atoms with Crippen molar-refractivity contribution in [2.45, 2.75) is 37.9 Å². The van der Waals surface area contributed by atoms with Crippen molar-refractivity contribution >= 4 is 17.7 Å². The summed E-state index contributed by atoms with van der Waals surface area (Å²) in [6, 6.07) is -0.215. The Morgan fingerprint density at radius 3 is 3.06 bits per heavy atom. The Balaban J connectivity index is 2.32. The monoisotopic (exact) mass is 271 g/mol. The lowest BCUT2D eigenvalue weighted by molar-refractivity contribution is -0.145. The molecule has 0 aromatic carbocycles. The summed E-state index contributed by atoms with van der Waals surface area (Å²) in [6.45, 7) is 5.16. The number of imidazole rings is 1. The van der Waals surface area contributed by atoms with Gasteiger partial charge in [0.15, 0.2) is 5.16 Å². The van der Waals surface area contributed by atoms with Gasteiger partial charge in [-0.3, -0.25) is 4.79 Å². The molecule has 1 aromatic heterocycles. The molecule has 1 heterocycles. The molecule has 0 bridgehead atoms. The van der Waals surface area contributed by atoms with Crippen LogP contribution >= 0.6 is 11.8 Å². The second-order valence-electron chi connectivity index (χ2n) is 3.79. The summed E-state index contributed by atoms with van der Waals surface area (Å²) in [7, 11) is 0. The van der Waals surface area contributed by atoms with Gasteiger partial charge in [0.2, 0.25) is 0 Å². The molecule has 0 aliphatic heterocycles. The number of thioether (sulfide) groups is 1. The number of H-pyrrole nitrogens is 1. The molecule has 1 atom stereocenters. The van der Waals surface area contributed by atoms with E-state index in [1.807, 2.05) is 6.92 Å². The van der Waals surface area contributed by atoms with Crippen molar-refractivity contribution in [1.29, 1.82) is 0 Å². The molecule has 6 heteroatoms. The highest BCUT2D eigenvalue weighted by molar-refractivity contribution is 7.99. The Kier molecular flexibility index (Phi) is 7.52. The molecule has 0 amide bonds. The van der Waals surface area contributed by atoms with Crippen molar-refractivity contribution < 1.29 is 9.53 Å². The predicted molar refractivity (Wildman–Crippen MR) is 72.6 cm³/mol. The van der Waals surface area contributed by atoms with Crippen LogP contribution in [0.5, 0.6) is 0 Å². The molecule has 0 aliphatic carbocycles. The van der Waals surface area contributed by atoms with E-state index in [4.69, 9.17) is 4.74 Å². The van der Waals surface area contributed by atoms with Crippen LogP contribution in [0.2, 0.25) is 0 Å². The van der Waals surface area contributed by atoms with Crippen molar-refractivity contribution in [3.63, 3.8) is 0 Å². The van der Waals surface area contributed by atoms with Crippen LogP contribution in [0, 0.1) is 0 Å². The van der Waals surface area contributed by atoms with Crippen LogP contribution in [0.1, 0.15) is 26.7 Å². The summed E-state index contributed by atoms with van der Waals surface area (Å²) >= 11 is 1.61. The lowest BCUT2D eigenvalue weighted by atomic mass is 10.2. The third kappa shape index (κ3) is 5.55. The highest BCUT2D eigenvalue weighted by atomic mass is 32.2. The van der Waals surface area contributed by atoms with Crippen LogP contribution in [0.25, 0.3) is 0 Å². The largest absolute Gasteiger partial charge is 0.465 e. The van der Waals surface area contributed by atoms with Crippen molar-refractivity contribution in [2.24, 2.45) is 0 Å². The molecule has 0 saturated heterocycles. The smallest absolute Gasteiger partial charge is 0.323 e. The van der Waals surface area contributed by atoms with E-state index in [1.54, 1.807) is 24.2 Å². The summed E-state index contributed by atoms with van der Waals surface area (Å²) in [5, 5.41) is 4.10. The quantitative estimate of drug-likeness (QED) is 0.530. The Morgan fingerprint density at radius 1 is 1.61 bits per heavy atom. The van der Waals surface area contributed by atoms with E-state index < -0.39 is 0 Å². The van der Waals surface area contributed by atoms with Gasteiger partial charge in [-0.1, -0.05) is 18.7 Å². The Bertz CT molecular complexity index is 330. The first-order chi connectivity index (χ1) is 8.77. The lowest BCUT2D eigenvalue weighted by Crippen LogP contribution is -2.39. The van der Waals surface area contributed by atoms with Gasteiger partial charge < -0.3 is 15.0 Å². The molecule has 18 heavy (non-hydrogen) atoms. The minimum atomic E-state index is -0.215. The number of hydrogen-bond acceptors (Lipinski definition) is 5. The molecule has 5 nitrogen and oxygen atoms in total. The first-order valence-corrected chi connectivity index (χ1v) is 7.28. The molecular weight excluding hydrogens is 250 g/mol. The second-order valence-corrected chi connectivity index (χ2v) is 4.87. The molecule has 102 valence electrons. The van der Waals surface area contributed by atoms with Crippen molar-refractivity contribution in [1.82, 2.24) is 15.3 Å². The average Bonchev–Trinajstić information content (AvgIpc) is 2.86. The number of carbonyl (C=O) groups excluding carboxylic acids is 1. The Labute approximate surface area is 112 Å². The molecule has 0 saturated carbocycles. The molecule has 1 rings (SSSR count). The summed E-state index contributed by atoms with van der Waals surface area (Å²) in [4.78, 5) is 18.9. The van der Waals surface area contributed by atoms with E-state index in [9.17, 15) is 4.79 Å². The van der Waals surface area contributed by atoms with Gasteiger partial charge in [-0.05, 0) is 26.3 Å². The number of esters is 1. The van der Waals surface area contributed by atoms with Crippen molar-refractivity contribution in [3.05, 3.63) is 12.4 Å². The van der Waals surface area contributed by atoms with E-state index in [2.05, 4.69) is 22.2 Å². The Hall–Kier alpha value is -1.01. The highest BCUT2D eigenvalue weighted by Crippen LogP contribution is 2.14. The van der Waals surface area contributed by atoms with Crippen LogP contribution in [0.15, 0.2) is 17.6 Å². The fraction of sp³-hybridized carbons (Fsp3) is 0.667. The number of hydrogen-bond donors (Lipinski definition) is 2. The maximum atomic E-state index is 11.7. The molecule has 0 fully saturated rings.